The van der Waals surface area contributed by atoms with Gasteiger partial charge in [0.1, 0.15) is 6.10 Å². The zero-order valence-electron chi connectivity index (χ0n) is 10.4. The topological polar surface area (TPSA) is 94.1 Å². The monoisotopic (exact) mass is 261 g/mol. The van der Waals surface area contributed by atoms with E-state index in [9.17, 15) is 9.59 Å². The third kappa shape index (κ3) is 4.99. The molecule has 0 spiro atoms. The summed E-state index contributed by atoms with van der Waals surface area (Å²) >= 11 is 0. The minimum Gasteiger partial charge on any atom is -0.479 e. The first-order valence-corrected chi connectivity index (χ1v) is 5.87. The molecule has 0 aliphatic carbocycles. The van der Waals surface area contributed by atoms with Crippen molar-refractivity contribution in [3.8, 4) is 0 Å². The number of carboxylic acid groups (broad SMARTS) is 1. The molecule has 1 rings (SSSR count). The Bertz CT molecular complexity index is 283. The molecular formula is C11H19NO6. The first kappa shape index (κ1) is 14.9. The molecule has 1 amide bonds. The number of carbonyl (C=O) groups excluding carboxylic acids is 1. The minimum atomic E-state index is -1.02. The van der Waals surface area contributed by atoms with Crippen molar-refractivity contribution in [1.82, 2.24) is 5.32 Å². The van der Waals surface area contributed by atoms with Crippen molar-refractivity contribution in [2.45, 2.75) is 25.0 Å². The smallest absolute Gasteiger partial charge is 0.332 e. The Kier molecular flexibility index (Phi) is 6.63. The summed E-state index contributed by atoms with van der Waals surface area (Å²) in [5.74, 6) is -1.30. The normalized spacial score (nSPS) is 22.9. The maximum absolute atomic E-state index is 11.6. The molecule has 0 aromatic rings. The largest absolute Gasteiger partial charge is 0.479 e. The summed E-state index contributed by atoms with van der Waals surface area (Å²) < 4.78 is 15.1. The first-order valence-electron chi connectivity index (χ1n) is 5.87. The molecule has 104 valence electrons. The highest BCUT2D eigenvalue weighted by atomic mass is 16.5. The number of aliphatic carboxylic acids is 1. The number of hydrogen-bond donors (Lipinski definition) is 2. The molecule has 1 aliphatic heterocycles. The summed E-state index contributed by atoms with van der Waals surface area (Å²) in [6.45, 7) is 1.76. The Hall–Kier alpha value is -1.18. The Balaban J connectivity index is 2.09. The van der Waals surface area contributed by atoms with E-state index in [2.05, 4.69) is 5.32 Å². The maximum atomic E-state index is 11.6. The van der Waals surface area contributed by atoms with E-state index in [1.54, 1.807) is 7.11 Å². The summed E-state index contributed by atoms with van der Waals surface area (Å²) in [6.07, 6.45) is -0.714. The Morgan fingerprint density at radius 1 is 1.28 bits per heavy atom. The lowest BCUT2D eigenvalue weighted by Crippen LogP contribution is -2.37. The van der Waals surface area contributed by atoms with Crippen LogP contribution in [0.5, 0.6) is 0 Å². The van der Waals surface area contributed by atoms with Gasteiger partial charge in [0.25, 0.3) is 0 Å². The molecule has 0 aromatic heterocycles. The molecule has 0 aromatic carbocycles. The summed E-state index contributed by atoms with van der Waals surface area (Å²) in [5, 5.41) is 11.4. The van der Waals surface area contributed by atoms with E-state index in [1.165, 1.54) is 0 Å². The average molecular weight is 261 g/mol. The Morgan fingerprint density at radius 2 is 2.00 bits per heavy atom. The summed E-state index contributed by atoms with van der Waals surface area (Å²) in [7, 11) is 1.58. The van der Waals surface area contributed by atoms with Crippen LogP contribution in [0.25, 0.3) is 0 Å². The van der Waals surface area contributed by atoms with Crippen LogP contribution >= 0.6 is 0 Å². The summed E-state index contributed by atoms with van der Waals surface area (Å²) in [6, 6.07) is 0. The van der Waals surface area contributed by atoms with Gasteiger partial charge in [-0.1, -0.05) is 0 Å². The highest BCUT2D eigenvalue weighted by Crippen LogP contribution is 2.19. The summed E-state index contributed by atoms with van der Waals surface area (Å²) in [5.41, 5.74) is 0. The van der Waals surface area contributed by atoms with Crippen molar-refractivity contribution in [3.63, 3.8) is 0 Å². The number of ether oxygens (including phenoxy) is 3. The zero-order valence-corrected chi connectivity index (χ0v) is 10.4. The van der Waals surface area contributed by atoms with Crippen LogP contribution in [0.1, 0.15) is 12.8 Å². The van der Waals surface area contributed by atoms with Gasteiger partial charge in [-0.05, 0) is 12.8 Å². The third-order valence-corrected chi connectivity index (χ3v) is 2.56. The minimum absolute atomic E-state index is 0.283. The fourth-order valence-corrected chi connectivity index (χ4v) is 1.62. The lowest BCUT2D eigenvalue weighted by atomic mass is 10.2. The predicted octanol–water partition coefficient (Wildman–Crippen LogP) is -0.602. The molecule has 0 saturated carbocycles. The van der Waals surface area contributed by atoms with Gasteiger partial charge in [-0.15, -0.1) is 0 Å². The number of nitrogens with one attached hydrogen (secondary N) is 1. The molecule has 1 aliphatic rings. The van der Waals surface area contributed by atoms with Gasteiger partial charge in [0.15, 0.2) is 6.10 Å². The molecule has 7 nitrogen and oxygen atoms in total. The molecular weight excluding hydrogens is 242 g/mol. The van der Waals surface area contributed by atoms with Gasteiger partial charge < -0.3 is 24.6 Å². The van der Waals surface area contributed by atoms with E-state index < -0.39 is 18.2 Å². The molecule has 2 N–H and O–H groups in total. The third-order valence-electron chi connectivity index (χ3n) is 2.56. The molecule has 0 bridgehead atoms. The van der Waals surface area contributed by atoms with Gasteiger partial charge in [-0.2, -0.15) is 0 Å². The standard InChI is InChI=1S/C11H19NO6/c1-16-6-7-17-5-4-12-10(13)8-2-3-9(18-8)11(14)15/h8-9H,2-7H2,1H3,(H,12,13)(H,14,15). The highest BCUT2D eigenvalue weighted by molar-refractivity contribution is 5.82. The van der Waals surface area contributed by atoms with E-state index >= 15 is 0 Å². The van der Waals surface area contributed by atoms with Crippen LogP contribution in [0.4, 0.5) is 0 Å². The predicted molar refractivity (Wildman–Crippen MR) is 61.2 cm³/mol. The van der Waals surface area contributed by atoms with Crippen LogP contribution in [0.15, 0.2) is 0 Å². The van der Waals surface area contributed by atoms with E-state index in [-0.39, 0.29) is 5.91 Å². The second kappa shape index (κ2) is 8.02. The van der Waals surface area contributed by atoms with Crippen LogP contribution < -0.4 is 5.32 Å². The Labute approximate surface area is 105 Å². The number of amides is 1. The van der Waals surface area contributed by atoms with Crippen LogP contribution in [0.2, 0.25) is 0 Å². The van der Waals surface area contributed by atoms with Crippen LogP contribution in [-0.4, -0.2) is 62.7 Å². The van der Waals surface area contributed by atoms with Crippen LogP contribution in [0.3, 0.4) is 0 Å². The SMILES string of the molecule is COCCOCCNC(=O)C1CCC(C(=O)O)O1. The number of carboxylic acids is 1. The van der Waals surface area contributed by atoms with E-state index in [4.69, 9.17) is 19.3 Å². The molecule has 2 unspecified atom stereocenters. The quantitative estimate of drug-likeness (QED) is 0.566. The van der Waals surface area contributed by atoms with Gasteiger partial charge in [0, 0.05) is 13.7 Å². The average Bonchev–Trinajstić information content (AvgIpc) is 2.83. The lowest BCUT2D eigenvalue weighted by Gasteiger charge is -2.11. The number of carbonyl (C=O) groups is 2. The zero-order chi connectivity index (χ0) is 13.4. The van der Waals surface area contributed by atoms with Crippen molar-refractivity contribution in [1.29, 1.82) is 0 Å². The van der Waals surface area contributed by atoms with Gasteiger partial charge in [-0.25, -0.2) is 4.79 Å². The maximum Gasteiger partial charge on any atom is 0.332 e. The Morgan fingerprint density at radius 3 is 2.61 bits per heavy atom. The van der Waals surface area contributed by atoms with Gasteiger partial charge in [-0.3, -0.25) is 4.79 Å². The van der Waals surface area contributed by atoms with Crippen molar-refractivity contribution < 1.29 is 28.9 Å². The van der Waals surface area contributed by atoms with Crippen molar-refractivity contribution in [3.05, 3.63) is 0 Å². The number of hydrogen-bond acceptors (Lipinski definition) is 5. The molecule has 7 heteroatoms. The molecule has 0 radical (unpaired) electrons. The second-order valence-electron chi connectivity index (χ2n) is 3.93. The number of rotatable bonds is 8. The molecule has 2 atom stereocenters. The van der Waals surface area contributed by atoms with Crippen molar-refractivity contribution in [2.75, 3.05) is 33.5 Å². The van der Waals surface area contributed by atoms with Gasteiger partial charge >= 0.3 is 5.97 Å². The van der Waals surface area contributed by atoms with Gasteiger partial charge in [0.05, 0.1) is 19.8 Å². The molecule has 1 saturated heterocycles. The van der Waals surface area contributed by atoms with Gasteiger partial charge in [0.2, 0.25) is 5.91 Å². The first-order chi connectivity index (χ1) is 8.65. The fourth-order valence-electron chi connectivity index (χ4n) is 1.62. The second-order valence-corrected chi connectivity index (χ2v) is 3.93. The lowest BCUT2D eigenvalue weighted by molar-refractivity contribution is -0.151. The summed E-state index contributed by atoms with van der Waals surface area (Å²) in [4.78, 5) is 22.2. The molecule has 1 fully saturated rings. The van der Waals surface area contributed by atoms with E-state index in [0.29, 0.717) is 39.2 Å². The number of methoxy groups -OCH3 is 1. The molecule has 1 heterocycles. The highest BCUT2D eigenvalue weighted by Gasteiger charge is 2.34. The molecule has 18 heavy (non-hydrogen) atoms. The van der Waals surface area contributed by atoms with Crippen LogP contribution in [0, 0.1) is 0 Å². The van der Waals surface area contributed by atoms with E-state index in [1.807, 2.05) is 0 Å². The van der Waals surface area contributed by atoms with Crippen molar-refractivity contribution in [2.24, 2.45) is 0 Å². The van der Waals surface area contributed by atoms with Crippen molar-refractivity contribution >= 4 is 11.9 Å². The van der Waals surface area contributed by atoms with Crippen LogP contribution in [-0.2, 0) is 23.8 Å². The fraction of sp³-hybridized carbons (Fsp3) is 0.818. The van der Waals surface area contributed by atoms with E-state index in [0.717, 1.165) is 0 Å².